The van der Waals surface area contributed by atoms with Gasteiger partial charge in [0.25, 0.3) is 5.91 Å². The van der Waals surface area contributed by atoms with Crippen LogP contribution in [0.5, 0.6) is 0 Å². The average Bonchev–Trinajstić information content (AvgIpc) is 2.48. The Bertz CT molecular complexity index is 699. The molecule has 2 aromatic rings. The van der Waals surface area contributed by atoms with Crippen molar-refractivity contribution in [2.24, 2.45) is 0 Å². The summed E-state index contributed by atoms with van der Waals surface area (Å²) in [4.78, 5) is 24.5. The SMILES string of the molecule is CN(C(=O)c1ccc(N)c(Cl)c1)c1ccc(C(=O)O)cc1. The predicted octanol–water partition coefficient (Wildman–Crippen LogP) is 2.90. The van der Waals surface area contributed by atoms with Gasteiger partial charge in [0.1, 0.15) is 0 Å². The Morgan fingerprint density at radius 3 is 2.19 bits per heavy atom. The number of halogens is 1. The molecule has 2 aromatic carbocycles. The zero-order valence-corrected chi connectivity index (χ0v) is 12.0. The van der Waals surface area contributed by atoms with Gasteiger partial charge in [-0.2, -0.15) is 0 Å². The molecule has 3 N–H and O–H groups in total. The van der Waals surface area contributed by atoms with Gasteiger partial charge in [0.15, 0.2) is 0 Å². The maximum Gasteiger partial charge on any atom is 0.335 e. The van der Waals surface area contributed by atoms with Crippen LogP contribution in [0.1, 0.15) is 20.7 Å². The molecule has 108 valence electrons. The Balaban J connectivity index is 2.25. The summed E-state index contributed by atoms with van der Waals surface area (Å²) in [5, 5.41) is 9.17. The molecule has 0 atom stereocenters. The highest BCUT2D eigenvalue weighted by molar-refractivity contribution is 6.33. The zero-order chi connectivity index (χ0) is 15.6. The van der Waals surface area contributed by atoms with Gasteiger partial charge in [0.2, 0.25) is 0 Å². The fourth-order valence-electron chi connectivity index (χ4n) is 1.80. The third-order valence-electron chi connectivity index (χ3n) is 3.05. The van der Waals surface area contributed by atoms with Gasteiger partial charge < -0.3 is 15.7 Å². The number of rotatable bonds is 3. The molecule has 0 aliphatic rings. The number of carboxylic acids is 1. The third kappa shape index (κ3) is 3.14. The number of carbonyl (C=O) groups excluding carboxylic acids is 1. The first-order chi connectivity index (χ1) is 9.90. The quantitative estimate of drug-likeness (QED) is 0.854. The van der Waals surface area contributed by atoms with E-state index in [-0.39, 0.29) is 11.5 Å². The molecule has 0 aliphatic heterocycles. The van der Waals surface area contributed by atoms with Crippen LogP contribution in [0.4, 0.5) is 11.4 Å². The molecule has 0 saturated heterocycles. The van der Waals surface area contributed by atoms with E-state index in [9.17, 15) is 9.59 Å². The third-order valence-corrected chi connectivity index (χ3v) is 3.38. The van der Waals surface area contributed by atoms with Crippen molar-refractivity contribution in [2.45, 2.75) is 0 Å². The smallest absolute Gasteiger partial charge is 0.335 e. The molecular formula is C15H13ClN2O3. The zero-order valence-electron chi connectivity index (χ0n) is 11.2. The van der Waals surface area contributed by atoms with Gasteiger partial charge in [-0.1, -0.05) is 11.6 Å². The first-order valence-electron chi connectivity index (χ1n) is 6.06. The number of nitrogens with zero attached hydrogens (tertiary/aromatic N) is 1. The lowest BCUT2D eigenvalue weighted by molar-refractivity contribution is 0.0696. The van der Waals surface area contributed by atoms with Crippen LogP contribution in [-0.4, -0.2) is 24.0 Å². The van der Waals surface area contributed by atoms with E-state index in [0.29, 0.717) is 22.0 Å². The minimum Gasteiger partial charge on any atom is -0.478 e. The van der Waals surface area contributed by atoms with E-state index in [1.54, 1.807) is 31.3 Å². The summed E-state index contributed by atoms with van der Waals surface area (Å²) in [6.07, 6.45) is 0. The Hall–Kier alpha value is -2.53. The average molecular weight is 305 g/mol. The van der Waals surface area contributed by atoms with Gasteiger partial charge in [-0.25, -0.2) is 4.79 Å². The Morgan fingerprint density at radius 1 is 1.10 bits per heavy atom. The minimum atomic E-state index is -1.01. The van der Waals surface area contributed by atoms with Crippen LogP contribution in [0.25, 0.3) is 0 Å². The van der Waals surface area contributed by atoms with E-state index in [0.717, 1.165) is 0 Å². The number of benzene rings is 2. The molecule has 0 radical (unpaired) electrons. The van der Waals surface area contributed by atoms with Crippen molar-refractivity contribution in [1.82, 2.24) is 0 Å². The lowest BCUT2D eigenvalue weighted by Gasteiger charge is -2.18. The standard InChI is InChI=1S/C15H13ClN2O3/c1-18(11-5-2-9(3-6-11)15(20)21)14(19)10-4-7-13(17)12(16)8-10/h2-8H,17H2,1H3,(H,20,21). The van der Waals surface area contributed by atoms with Crippen molar-refractivity contribution in [3.05, 3.63) is 58.6 Å². The number of carbonyl (C=O) groups is 2. The molecule has 1 amide bonds. The molecule has 0 unspecified atom stereocenters. The predicted molar refractivity (Wildman–Crippen MR) is 82.0 cm³/mol. The number of hydrogen-bond acceptors (Lipinski definition) is 3. The van der Waals surface area contributed by atoms with Crippen molar-refractivity contribution in [3.63, 3.8) is 0 Å². The number of aromatic carboxylic acids is 1. The number of nitrogen functional groups attached to an aromatic ring is 1. The monoisotopic (exact) mass is 304 g/mol. The largest absolute Gasteiger partial charge is 0.478 e. The number of amides is 1. The van der Waals surface area contributed by atoms with Crippen molar-refractivity contribution in [3.8, 4) is 0 Å². The molecule has 0 bridgehead atoms. The molecule has 0 fully saturated rings. The van der Waals surface area contributed by atoms with E-state index >= 15 is 0 Å². The fourth-order valence-corrected chi connectivity index (χ4v) is 1.98. The number of anilines is 2. The van der Waals surface area contributed by atoms with Crippen molar-refractivity contribution in [1.29, 1.82) is 0 Å². The van der Waals surface area contributed by atoms with E-state index in [2.05, 4.69) is 0 Å². The molecule has 2 rings (SSSR count). The fraction of sp³-hybridized carbons (Fsp3) is 0.0667. The van der Waals surface area contributed by atoms with Crippen LogP contribution in [0.15, 0.2) is 42.5 Å². The van der Waals surface area contributed by atoms with Crippen molar-refractivity contribution >= 4 is 34.9 Å². The summed E-state index contributed by atoms with van der Waals surface area (Å²) in [7, 11) is 1.60. The van der Waals surface area contributed by atoms with Crippen LogP contribution in [0, 0.1) is 0 Å². The first kappa shape index (κ1) is 14.9. The second-order valence-corrected chi connectivity index (χ2v) is 4.86. The normalized spacial score (nSPS) is 10.2. The summed E-state index contributed by atoms with van der Waals surface area (Å²) >= 11 is 5.90. The molecule has 0 heterocycles. The van der Waals surface area contributed by atoms with Gasteiger partial charge in [-0.15, -0.1) is 0 Å². The van der Waals surface area contributed by atoms with Crippen LogP contribution in [-0.2, 0) is 0 Å². The molecule has 0 spiro atoms. The topological polar surface area (TPSA) is 83.6 Å². The first-order valence-corrected chi connectivity index (χ1v) is 6.44. The lowest BCUT2D eigenvalue weighted by atomic mass is 10.1. The van der Waals surface area contributed by atoms with Crippen molar-refractivity contribution in [2.75, 3.05) is 17.7 Å². The highest BCUT2D eigenvalue weighted by Crippen LogP contribution is 2.22. The molecule has 0 aromatic heterocycles. The Kier molecular flexibility index (Phi) is 4.14. The van der Waals surface area contributed by atoms with Gasteiger partial charge in [0, 0.05) is 18.3 Å². The van der Waals surface area contributed by atoms with Crippen LogP contribution < -0.4 is 10.6 Å². The van der Waals surface area contributed by atoms with Gasteiger partial charge in [-0.3, -0.25) is 4.79 Å². The second kappa shape index (κ2) is 5.85. The van der Waals surface area contributed by atoms with E-state index in [1.165, 1.54) is 23.1 Å². The lowest BCUT2D eigenvalue weighted by Crippen LogP contribution is -2.26. The summed E-state index contributed by atoms with van der Waals surface area (Å²) in [5.74, 6) is -1.28. The highest BCUT2D eigenvalue weighted by Gasteiger charge is 2.15. The van der Waals surface area contributed by atoms with E-state index in [4.69, 9.17) is 22.4 Å². The van der Waals surface area contributed by atoms with Crippen LogP contribution in [0.3, 0.4) is 0 Å². The second-order valence-electron chi connectivity index (χ2n) is 4.45. The van der Waals surface area contributed by atoms with Crippen LogP contribution in [0.2, 0.25) is 5.02 Å². The number of nitrogens with two attached hydrogens (primary N) is 1. The van der Waals surface area contributed by atoms with Gasteiger partial charge >= 0.3 is 5.97 Å². The summed E-state index contributed by atoms with van der Waals surface area (Å²) in [6, 6.07) is 10.7. The number of hydrogen-bond donors (Lipinski definition) is 2. The molecule has 6 heteroatoms. The summed E-state index contributed by atoms with van der Waals surface area (Å²) in [6.45, 7) is 0. The maximum atomic E-state index is 12.3. The molecule has 0 aliphatic carbocycles. The Morgan fingerprint density at radius 2 is 1.67 bits per heavy atom. The van der Waals surface area contributed by atoms with E-state index < -0.39 is 5.97 Å². The summed E-state index contributed by atoms with van der Waals surface area (Å²) < 4.78 is 0. The molecular weight excluding hydrogens is 292 g/mol. The molecule has 5 nitrogen and oxygen atoms in total. The van der Waals surface area contributed by atoms with E-state index in [1.807, 2.05) is 0 Å². The maximum absolute atomic E-state index is 12.3. The molecule has 0 saturated carbocycles. The minimum absolute atomic E-state index is 0.162. The summed E-state index contributed by atoms with van der Waals surface area (Å²) in [5.41, 5.74) is 7.16. The van der Waals surface area contributed by atoms with Gasteiger partial charge in [0.05, 0.1) is 16.3 Å². The van der Waals surface area contributed by atoms with Crippen LogP contribution >= 0.6 is 11.6 Å². The van der Waals surface area contributed by atoms with Gasteiger partial charge in [-0.05, 0) is 42.5 Å². The molecule has 21 heavy (non-hydrogen) atoms. The van der Waals surface area contributed by atoms with Crippen molar-refractivity contribution < 1.29 is 14.7 Å². The number of carboxylic acid groups (broad SMARTS) is 1. The highest BCUT2D eigenvalue weighted by atomic mass is 35.5. The Labute approximate surface area is 126 Å².